The number of nitrogens with one attached hydrogen (secondary N) is 1. The molecule has 4 nitrogen and oxygen atoms in total. The van der Waals surface area contributed by atoms with Crippen molar-refractivity contribution in [3.63, 3.8) is 0 Å². The fourth-order valence-electron chi connectivity index (χ4n) is 2.53. The Labute approximate surface area is 121 Å². The Morgan fingerprint density at radius 3 is 2.75 bits per heavy atom. The molecule has 0 saturated carbocycles. The van der Waals surface area contributed by atoms with E-state index in [1.165, 1.54) is 18.4 Å². The third kappa shape index (κ3) is 4.62. The van der Waals surface area contributed by atoms with Crippen LogP contribution in [-0.2, 0) is 11.3 Å². The lowest BCUT2D eigenvalue weighted by molar-refractivity contribution is -0.116. The number of rotatable bonds is 6. The van der Waals surface area contributed by atoms with Crippen LogP contribution in [0.15, 0.2) is 24.3 Å². The van der Waals surface area contributed by atoms with Crippen molar-refractivity contribution in [3.05, 3.63) is 29.8 Å². The molecule has 0 spiro atoms. The Morgan fingerprint density at radius 1 is 1.35 bits per heavy atom. The van der Waals surface area contributed by atoms with Crippen molar-refractivity contribution in [2.45, 2.75) is 45.2 Å². The minimum Gasteiger partial charge on any atom is -0.328 e. The number of hydrogen-bond acceptors (Lipinski definition) is 3. The zero-order valence-electron chi connectivity index (χ0n) is 12.3. The number of nitrogens with two attached hydrogens (primary N) is 1. The van der Waals surface area contributed by atoms with Gasteiger partial charge in [0.05, 0.1) is 0 Å². The van der Waals surface area contributed by atoms with Gasteiger partial charge in [-0.3, -0.25) is 9.69 Å². The van der Waals surface area contributed by atoms with Crippen molar-refractivity contribution in [2.24, 2.45) is 5.73 Å². The molecule has 1 unspecified atom stereocenters. The first-order valence-electron chi connectivity index (χ1n) is 7.51. The summed E-state index contributed by atoms with van der Waals surface area (Å²) >= 11 is 0. The molecule has 0 radical (unpaired) electrons. The molecule has 3 N–H and O–H groups in total. The molecule has 1 amide bonds. The van der Waals surface area contributed by atoms with Gasteiger partial charge >= 0.3 is 0 Å². The Morgan fingerprint density at radius 2 is 2.05 bits per heavy atom. The summed E-state index contributed by atoms with van der Waals surface area (Å²) in [6, 6.07) is 8.15. The van der Waals surface area contributed by atoms with Gasteiger partial charge in [0.15, 0.2) is 0 Å². The Bertz CT molecular complexity index is 439. The zero-order chi connectivity index (χ0) is 14.4. The Balaban J connectivity index is 1.94. The second kappa shape index (κ2) is 7.41. The third-order valence-corrected chi connectivity index (χ3v) is 3.71. The predicted octanol–water partition coefficient (Wildman–Crippen LogP) is 2.35. The molecule has 1 aliphatic rings. The number of amides is 1. The summed E-state index contributed by atoms with van der Waals surface area (Å²) in [4.78, 5) is 14.4. The van der Waals surface area contributed by atoms with Gasteiger partial charge in [-0.1, -0.05) is 18.2 Å². The van der Waals surface area contributed by atoms with Crippen LogP contribution in [0.25, 0.3) is 0 Å². The van der Waals surface area contributed by atoms with Gasteiger partial charge in [0.1, 0.15) is 0 Å². The van der Waals surface area contributed by atoms with E-state index in [9.17, 15) is 4.79 Å². The number of likely N-dealkylation sites (tertiary alicyclic amines) is 1. The van der Waals surface area contributed by atoms with Crippen molar-refractivity contribution >= 4 is 11.6 Å². The van der Waals surface area contributed by atoms with E-state index < -0.39 is 0 Å². The van der Waals surface area contributed by atoms with Crippen LogP contribution < -0.4 is 11.1 Å². The molecule has 1 heterocycles. The highest BCUT2D eigenvalue weighted by Crippen LogP contribution is 2.20. The molecule has 0 aromatic heterocycles. The van der Waals surface area contributed by atoms with Crippen LogP contribution in [0, 0.1) is 0 Å². The van der Waals surface area contributed by atoms with Crippen molar-refractivity contribution < 1.29 is 4.79 Å². The fourth-order valence-corrected chi connectivity index (χ4v) is 2.53. The van der Waals surface area contributed by atoms with Crippen LogP contribution in [0.5, 0.6) is 0 Å². The second-order valence-electron chi connectivity index (χ2n) is 5.70. The van der Waals surface area contributed by atoms with Gasteiger partial charge in [0.2, 0.25) is 5.91 Å². The van der Waals surface area contributed by atoms with E-state index in [0.717, 1.165) is 31.7 Å². The molecule has 1 aromatic carbocycles. The third-order valence-electron chi connectivity index (χ3n) is 3.71. The van der Waals surface area contributed by atoms with Crippen molar-refractivity contribution in [2.75, 3.05) is 18.4 Å². The molecule has 4 heteroatoms. The van der Waals surface area contributed by atoms with Crippen LogP contribution in [0.4, 0.5) is 5.69 Å². The van der Waals surface area contributed by atoms with E-state index >= 15 is 0 Å². The number of benzene rings is 1. The molecule has 1 aliphatic heterocycles. The summed E-state index contributed by atoms with van der Waals surface area (Å²) in [5.41, 5.74) is 7.82. The van der Waals surface area contributed by atoms with E-state index in [1.807, 2.05) is 25.1 Å². The molecular formula is C16H25N3O. The SMILES string of the molecule is CC(N)CCC(=O)Nc1ccccc1CN1CCCC1. The highest BCUT2D eigenvalue weighted by Gasteiger charge is 2.14. The minimum atomic E-state index is 0.0520. The van der Waals surface area contributed by atoms with E-state index in [0.29, 0.717) is 6.42 Å². The average molecular weight is 275 g/mol. The predicted molar refractivity (Wildman–Crippen MR) is 82.5 cm³/mol. The molecule has 1 fully saturated rings. The summed E-state index contributed by atoms with van der Waals surface area (Å²) in [7, 11) is 0. The number of anilines is 1. The van der Waals surface area contributed by atoms with Crippen molar-refractivity contribution in [1.29, 1.82) is 0 Å². The summed E-state index contributed by atoms with van der Waals surface area (Å²) in [6.45, 7) is 5.16. The topological polar surface area (TPSA) is 58.4 Å². The van der Waals surface area contributed by atoms with Crippen molar-refractivity contribution in [1.82, 2.24) is 4.90 Å². The quantitative estimate of drug-likeness (QED) is 0.838. The average Bonchev–Trinajstić information content (AvgIpc) is 2.92. The maximum Gasteiger partial charge on any atom is 0.224 e. The normalized spacial score (nSPS) is 17.1. The zero-order valence-corrected chi connectivity index (χ0v) is 12.3. The van der Waals surface area contributed by atoms with E-state index in [4.69, 9.17) is 5.73 Å². The highest BCUT2D eigenvalue weighted by atomic mass is 16.1. The molecule has 1 aromatic rings. The molecule has 110 valence electrons. The summed E-state index contributed by atoms with van der Waals surface area (Å²) in [5, 5.41) is 3.02. The summed E-state index contributed by atoms with van der Waals surface area (Å²) in [6.07, 6.45) is 3.77. The van der Waals surface area contributed by atoms with Crippen LogP contribution in [0.2, 0.25) is 0 Å². The molecular weight excluding hydrogens is 250 g/mol. The van der Waals surface area contributed by atoms with Gasteiger partial charge in [-0.05, 0) is 50.9 Å². The molecule has 1 atom stereocenters. The summed E-state index contributed by atoms with van der Waals surface area (Å²) in [5.74, 6) is 0.0520. The van der Waals surface area contributed by atoms with Gasteiger partial charge in [-0.2, -0.15) is 0 Å². The van der Waals surface area contributed by atoms with Crippen LogP contribution >= 0.6 is 0 Å². The number of hydrogen-bond donors (Lipinski definition) is 2. The Hall–Kier alpha value is -1.39. The largest absolute Gasteiger partial charge is 0.328 e. The maximum atomic E-state index is 11.9. The molecule has 0 aliphatic carbocycles. The van der Waals surface area contributed by atoms with Gasteiger partial charge in [0, 0.05) is 24.7 Å². The minimum absolute atomic E-state index is 0.0520. The van der Waals surface area contributed by atoms with Gasteiger partial charge < -0.3 is 11.1 Å². The number of carbonyl (C=O) groups excluding carboxylic acids is 1. The molecule has 1 saturated heterocycles. The lowest BCUT2D eigenvalue weighted by Gasteiger charge is -2.18. The van der Waals surface area contributed by atoms with Crippen LogP contribution in [-0.4, -0.2) is 29.9 Å². The molecule has 2 rings (SSSR count). The monoisotopic (exact) mass is 275 g/mol. The number of para-hydroxylation sites is 1. The first-order valence-corrected chi connectivity index (χ1v) is 7.51. The standard InChI is InChI=1S/C16H25N3O/c1-13(17)8-9-16(20)18-15-7-3-2-6-14(15)12-19-10-4-5-11-19/h2-3,6-7,13H,4-5,8-12,17H2,1H3,(H,18,20). The van der Waals surface area contributed by atoms with Gasteiger partial charge in [0.25, 0.3) is 0 Å². The van der Waals surface area contributed by atoms with Crippen LogP contribution in [0.3, 0.4) is 0 Å². The lowest BCUT2D eigenvalue weighted by Crippen LogP contribution is -2.22. The van der Waals surface area contributed by atoms with E-state index in [-0.39, 0.29) is 11.9 Å². The number of nitrogens with zero attached hydrogens (tertiary/aromatic N) is 1. The first-order chi connectivity index (χ1) is 9.65. The smallest absolute Gasteiger partial charge is 0.224 e. The van der Waals surface area contributed by atoms with Gasteiger partial charge in [-0.25, -0.2) is 0 Å². The lowest BCUT2D eigenvalue weighted by atomic mass is 10.1. The maximum absolute atomic E-state index is 11.9. The first kappa shape index (κ1) is 15.0. The highest BCUT2D eigenvalue weighted by molar-refractivity contribution is 5.91. The number of carbonyl (C=O) groups is 1. The van der Waals surface area contributed by atoms with E-state index in [1.54, 1.807) is 0 Å². The Kier molecular flexibility index (Phi) is 5.56. The van der Waals surface area contributed by atoms with Gasteiger partial charge in [-0.15, -0.1) is 0 Å². The summed E-state index contributed by atoms with van der Waals surface area (Å²) < 4.78 is 0. The second-order valence-corrected chi connectivity index (χ2v) is 5.70. The molecule has 0 bridgehead atoms. The fraction of sp³-hybridized carbons (Fsp3) is 0.562. The molecule has 20 heavy (non-hydrogen) atoms. The van der Waals surface area contributed by atoms with E-state index in [2.05, 4.69) is 16.3 Å². The van der Waals surface area contributed by atoms with Crippen molar-refractivity contribution in [3.8, 4) is 0 Å². The van der Waals surface area contributed by atoms with Crippen LogP contribution in [0.1, 0.15) is 38.2 Å².